The van der Waals surface area contributed by atoms with E-state index in [4.69, 9.17) is 5.26 Å². The fourth-order valence-electron chi connectivity index (χ4n) is 2.53. The molecular formula is C14H19N3. The lowest BCUT2D eigenvalue weighted by Gasteiger charge is -2.37. The van der Waals surface area contributed by atoms with Crippen molar-refractivity contribution in [2.45, 2.75) is 26.7 Å². The zero-order valence-electron chi connectivity index (χ0n) is 10.6. The van der Waals surface area contributed by atoms with Crippen LogP contribution >= 0.6 is 0 Å². The molecule has 0 aliphatic carbocycles. The topological polar surface area (TPSA) is 39.9 Å². The molecule has 0 saturated carbocycles. The van der Waals surface area contributed by atoms with Crippen LogP contribution in [0.15, 0.2) is 18.3 Å². The molecule has 2 atom stereocenters. The number of hydrogen-bond donors (Lipinski definition) is 0. The lowest BCUT2D eigenvalue weighted by atomic mass is 9.85. The van der Waals surface area contributed by atoms with Gasteiger partial charge in [0.25, 0.3) is 0 Å². The fourth-order valence-corrected chi connectivity index (χ4v) is 2.53. The Hall–Kier alpha value is -1.56. The van der Waals surface area contributed by atoms with Crippen LogP contribution in [-0.4, -0.2) is 18.1 Å². The van der Waals surface area contributed by atoms with E-state index in [9.17, 15) is 0 Å². The van der Waals surface area contributed by atoms with E-state index < -0.39 is 0 Å². The Bertz CT molecular complexity index is 404. The minimum Gasteiger partial charge on any atom is -0.356 e. The van der Waals surface area contributed by atoms with Gasteiger partial charge in [-0.15, -0.1) is 0 Å². The Kier molecular flexibility index (Phi) is 3.63. The Morgan fingerprint density at radius 2 is 2.35 bits per heavy atom. The normalized spacial score (nSPS) is 24.4. The van der Waals surface area contributed by atoms with Gasteiger partial charge in [0.15, 0.2) is 0 Å². The molecule has 0 amide bonds. The molecule has 2 heterocycles. The van der Waals surface area contributed by atoms with Gasteiger partial charge in [-0.25, -0.2) is 4.98 Å². The van der Waals surface area contributed by atoms with Crippen molar-refractivity contribution in [3.63, 3.8) is 0 Å². The second-order valence-corrected chi connectivity index (χ2v) is 4.90. The van der Waals surface area contributed by atoms with Crippen LogP contribution in [0.3, 0.4) is 0 Å². The van der Waals surface area contributed by atoms with E-state index in [-0.39, 0.29) is 0 Å². The number of rotatable bonds is 2. The van der Waals surface area contributed by atoms with Crippen molar-refractivity contribution in [1.82, 2.24) is 4.98 Å². The third-order valence-corrected chi connectivity index (χ3v) is 3.84. The maximum atomic E-state index is 8.75. The first kappa shape index (κ1) is 11.9. The van der Waals surface area contributed by atoms with E-state index >= 15 is 0 Å². The van der Waals surface area contributed by atoms with Crippen LogP contribution in [0.5, 0.6) is 0 Å². The van der Waals surface area contributed by atoms with Gasteiger partial charge in [0.1, 0.15) is 11.9 Å². The van der Waals surface area contributed by atoms with Gasteiger partial charge in [-0.1, -0.05) is 20.3 Å². The first-order valence-corrected chi connectivity index (χ1v) is 6.35. The SMILES string of the molecule is CCC1CN(c2ccc(C#N)cn2)CCC1C. The Morgan fingerprint density at radius 3 is 2.94 bits per heavy atom. The molecule has 0 radical (unpaired) electrons. The van der Waals surface area contributed by atoms with Crippen LogP contribution in [0, 0.1) is 23.2 Å². The highest BCUT2D eigenvalue weighted by Gasteiger charge is 2.25. The lowest BCUT2D eigenvalue weighted by molar-refractivity contribution is 0.292. The largest absolute Gasteiger partial charge is 0.356 e. The molecule has 1 aromatic rings. The number of pyridine rings is 1. The van der Waals surface area contributed by atoms with E-state index in [2.05, 4.69) is 29.8 Å². The van der Waals surface area contributed by atoms with Gasteiger partial charge in [0, 0.05) is 19.3 Å². The Labute approximate surface area is 103 Å². The van der Waals surface area contributed by atoms with Crippen LogP contribution in [0.4, 0.5) is 5.82 Å². The number of anilines is 1. The number of hydrogen-bond acceptors (Lipinski definition) is 3. The van der Waals surface area contributed by atoms with Gasteiger partial charge in [-0.2, -0.15) is 5.26 Å². The molecule has 90 valence electrons. The number of piperidine rings is 1. The molecule has 0 N–H and O–H groups in total. The molecule has 1 fully saturated rings. The maximum Gasteiger partial charge on any atom is 0.128 e. The quantitative estimate of drug-likeness (QED) is 0.783. The van der Waals surface area contributed by atoms with Gasteiger partial charge in [-0.05, 0) is 30.4 Å². The van der Waals surface area contributed by atoms with Gasteiger partial charge >= 0.3 is 0 Å². The van der Waals surface area contributed by atoms with E-state index in [1.54, 1.807) is 6.20 Å². The third kappa shape index (κ3) is 2.58. The number of aromatic nitrogens is 1. The smallest absolute Gasteiger partial charge is 0.128 e. The molecule has 1 saturated heterocycles. The van der Waals surface area contributed by atoms with Crippen LogP contribution in [-0.2, 0) is 0 Å². The maximum absolute atomic E-state index is 8.75. The summed E-state index contributed by atoms with van der Waals surface area (Å²) >= 11 is 0. The molecular weight excluding hydrogens is 210 g/mol. The first-order valence-electron chi connectivity index (χ1n) is 6.35. The predicted molar refractivity (Wildman–Crippen MR) is 68.7 cm³/mol. The van der Waals surface area contributed by atoms with Crippen LogP contribution in [0.1, 0.15) is 32.3 Å². The van der Waals surface area contributed by atoms with Crippen LogP contribution in [0.2, 0.25) is 0 Å². The average Bonchev–Trinajstić information content (AvgIpc) is 2.39. The molecule has 3 heteroatoms. The van der Waals surface area contributed by atoms with E-state index in [0.717, 1.165) is 30.7 Å². The van der Waals surface area contributed by atoms with Crippen molar-refractivity contribution in [2.75, 3.05) is 18.0 Å². The third-order valence-electron chi connectivity index (χ3n) is 3.84. The summed E-state index contributed by atoms with van der Waals surface area (Å²) in [6.45, 7) is 6.78. The van der Waals surface area contributed by atoms with Gasteiger partial charge in [0.05, 0.1) is 5.56 Å². The minimum atomic E-state index is 0.631. The van der Waals surface area contributed by atoms with Crippen molar-refractivity contribution in [1.29, 1.82) is 5.26 Å². The Morgan fingerprint density at radius 1 is 1.53 bits per heavy atom. The molecule has 1 aliphatic rings. The van der Waals surface area contributed by atoms with Crippen LogP contribution in [0.25, 0.3) is 0 Å². The van der Waals surface area contributed by atoms with Crippen molar-refractivity contribution in [2.24, 2.45) is 11.8 Å². The molecule has 1 aliphatic heterocycles. The van der Waals surface area contributed by atoms with Crippen molar-refractivity contribution >= 4 is 5.82 Å². The summed E-state index contributed by atoms with van der Waals surface area (Å²) in [4.78, 5) is 6.71. The van der Waals surface area contributed by atoms with E-state index in [1.165, 1.54) is 12.8 Å². The molecule has 3 nitrogen and oxygen atoms in total. The zero-order chi connectivity index (χ0) is 12.3. The predicted octanol–water partition coefficient (Wildman–Crippen LogP) is 2.83. The fraction of sp³-hybridized carbons (Fsp3) is 0.571. The first-order chi connectivity index (χ1) is 8.24. The number of nitriles is 1. The zero-order valence-corrected chi connectivity index (χ0v) is 10.6. The average molecular weight is 229 g/mol. The molecule has 0 bridgehead atoms. The molecule has 0 aromatic carbocycles. The minimum absolute atomic E-state index is 0.631. The highest BCUT2D eigenvalue weighted by Crippen LogP contribution is 2.28. The summed E-state index contributed by atoms with van der Waals surface area (Å²) in [7, 11) is 0. The summed E-state index contributed by atoms with van der Waals surface area (Å²) in [6, 6.07) is 5.91. The van der Waals surface area contributed by atoms with Crippen molar-refractivity contribution < 1.29 is 0 Å². The summed E-state index contributed by atoms with van der Waals surface area (Å²) in [6.07, 6.45) is 4.13. The van der Waals surface area contributed by atoms with Crippen molar-refractivity contribution in [3.8, 4) is 6.07 Å². The van der Waals surface area contributed by atoms with Gasteiger partial charge in [0.2, 0.25) is 0 Å². The summed E-state index contributed by atoms with van der Waals surface area (Å²) in [5, 5.41) is 8.75. The summed E-state index contributed by atoms with van der Waals surface area (Å²) < 4.78 is 0. The number of nitrogens with zero attached hydrogens (tertiary/aromatic N) is 3. The highest BCUT2D eigenvalue weighted by molar-refractivity contribution is 5.42. The molecule has 1 aromatic heterocycles. The molecule has 2 rings (SSSR count). The highest BCUT2D eigenvalue weighted by atomic mass is 15.2. The molecule has 17 heavy (non-hydrogen) atoms. The van der Waals surface area contributed by atoms with Gasteiger partial charge in [-0.3, -0.25) is 0 Å². The van der Waals surface area contributed by atoms with Gasteiger partial charge < -0.3 is 4.90 Å². The molecule has 2 unspecified atom stereocenters. The Balaban J connectivity index is 2.09. The summed E-state index contributed by atoms with van der Waals surface area (Å²) in [5.41, 5.74) is 0.631. The van der Waals surface area contributed by atoms with E-state index in [1.807, 2.05) is 12.1 Å². The van der Waals surface area contributed by atoms with E-state index in [0.29, 0.717) is 5.56 Å². The lowest BCUT2D eigenvalue weighted by Crippen LogP contribution is -2.39. The molecule has 0 spiro atoms. The van der Waals surface area contributed by atoms with Crippen molar-refractivity contribution in [3.05, 3.63) is 23.9 Å². The second kappa shape index (κ2) is 5.18. The summed E-state index contributed by atoms with van der Waals surface area (Å²) in [5.74, 6) is 2.59. The standard InChI is InChI=1S/C14H19N3/c1-3-13-10-17(7-6-11(13)2)14-5-4-12(8-15)9-16-14/h4-5,9,11,13H,3,6-7,10H2,1-2H3. The second-order valence-electron chi connectivity index (χ2n) is 4.90. The van der Waals surface area contributed by atoms with Crippen LogP contribution < -0.4 is 4.90 Å². The monoisotopic (exact) mass is 229 g/mol.